The molecule has 7 nitrogen and oxygen atoms in total. The molecule has 1 aliphatic rings. The standard InChI is InChI=1S/C18H23BrN4O3/c1-18(2,3)26-17(24)23-10-8-22(9-11-23)12-15-20-21-16(25-15)13-4-6-14(19)7-5-13/h4-7H,8-12H2,1-3H3. The Balaban J connectivity index is 1.52. The van der Waals surface area contributed by atoms with E-state index in [-0.39, 0.29) is 6.09 Å². The minimum atomic E-state index is -0.471. The van der Waals surface area contributed by atoms with Crippen LogP contribution >= 0.6 is 15.9 Å². The Labute approximate surface area is 161 Å². The Morgan fingerprint density at radius 1 is 1.15 bits per heavy atom. The Morgan fingerprint density at radius 3 is 2.42 bits per heavy atom. The second-order valence-electron chi connectivity index (χ2n) is 7.25. The normalized spacial score (nSPS) is 15.9. The summed E-state index contributed by atoms with van der Waals surface area (Å²) in [4.78, 5) is 16.0. The van der Waals surface area contributed by atoms with E-state index in [0.717, 1.165) is 23.1 Å². The van der Waals surface area contributed by atoms with Crippen LogP contribution in [-0.2, 0) is 11.3 Å². The number of piperazine rings is 1. The summed E-state index contributed by atoms with van der Waals surface area (Å²) in [7, 11) is 0. The molecule has 8 heteroatoms. The van der Waals surface area contributed by atoms with Gasteiger partial charge in [0.05, 0.1) is 6.54 Å². The van der Waals surface area contributed by atoms with Gasteiger partial charge in [-0.1, -0.05) is 15.9 Å². The van der Waals surface area contributed by atoms with E-state index >= 15 is 0 Å². The van der Waals surface area contributed by atoms with Crippen LogP contribution in [0.5, 0.6) is 0 Å². The first-order valence-electron chi connectivity index (χ1n) is 8.59. The van der Waals surface area contributed by atoms with Gasteiger partial charge in [0, 0.05) is 36.2 Å². The first-order valence-corrected chi connectivity index (χ1v) is 9.38. The van der Waals surface area contributed by atoms with Crippen molar-refractivity contribution in [1.82, 2.24) is 20.0 Å². The second kappa shape index (κ2) is 7.75. The zero-order chi connectivity index (χ0) is 18.7. The van der Waals surface area contributed by atoms with Crippen molar-refractivity contribution >= 4 is 22.0 Å². The van der Waals surface area contributed by atoms with Crippen molar-refractivity contribution < 1.29 is 13.9 Å². The molecule has 1 aromatic carbocycles. The van der Waals surface area contributed by atoms with Crippen molar-refractivity contribution in [2.45, 2.75) is 32.9 Å². The maximum Gasteiger partial charge on any atom is 0.410 e. The van der Waals surface area contributed by atoms with Gasteiger partial charge in [0.15, 0.2) is 0 Å². The van der Waals surface area contributed by atoms with Gasteiger partial charge in [-0.3, -0.25) is 4.90 Å². The quantitative estimate of drug-likeness (QED) is 0.752. The van der Waals surface area contributed by atoms with Crippen molar-refractivity contribution in [3.05, 3.63) is 34.6 Å². The summed E-state index contributed by atoms with van der Waals surface area (Å²) in [6, 6.07) is 7.74. The van der Waals surface area contributed by atoms with Crippen LogP contribution in [0.2, 0.25) is 0 Å². The van der Waals surface area contributed by atoms with Gasteiger partial charge in [-0.05, 0) is 45.0 Å². The van der Waals surface area contributed by atoms with Crippen LogP contribution in [0.3, 0.4) is 0 Å². The lowest BCUT2D eigenvalue weighted by Crippen LogP contribution is -2.49. The van der Waals surface area contributed by atoms with E-state index in [9.17, 15) is 4.79 Å². The Bertz CT molecular complexity index is 747. The van der Waals surface area contributed by atoms with E-state index in [1.54, 1.807) is 4.90 Å². The minimum Gasteiger partial charge on any atom is -0.444 e. The van der Waals surface area contributed by atoms with Crippen LogP contribution in [0, 0.1) is 0 Å². The molecule has 0 saturated carbocycles. The minimum absolute atomic E-state index is 0.257. The fourth-order valence-corrected chi connectivity index (χ4v) is 2.90. The number of hydrogen-bond donors (Lipinski definition) is 0. The van der Waals surface area contributed by atoms with Crippen molar-refractivity contribution in [2.24, 2.45) is 0 Å². The molecule has 2 aromatic rings. The number of ether oxygens (including phenoxy) is 1. The van der Waals surface area contributed by atoms with Gasteiger partial charge in [-0.2, -0.15) is 0 Å². The van der Waals surface area contributed by atoms with Gasteiger partial charge < -0.3 is 14.1 Å². The first-order chi connectivity index (χ1) is 12.3. The molecule has 1 amide bonds. The van der Waals surface area contributed by atoms with Crippen LogP contribution in [-0.4, -0.2) is 57.9 Å². The number of amides is 1. The highest BCUT2D eigenvalue weighted by Crippen LogP contribution is 2.21. The highest BCUT2D eigenvalue weighted by molar-refractivity contribution is 9.10. The average Bonchev–Trinajstić information content (AvgIpc) is 3.03. The van der Waals surface area contributed by atoms with Crippen LogP contribution in [0.25, 0.3) is 11.5 Å². The van der Waals surface area contributed by atoms with Gasteiger partial charge in [0.2, 0.25) is 11.8 Å². The fraction of sp³-hybridized carbons (Fsp3) is 0.500. The molecule has 3 rings (SSSR count). The molecule has 1 saturated heterocycles. The largest absolute Gasteiger partial charge is 0.444 e. The van der Waals surface area contributed by atoms with Crippen LogP contribution < -0.4 is 0 Å². The smallest absolute Gasteiger partial charge is 0.410 e. The maximum absolute atomic E-state index is 12.1. The molecular formula is C18H23BrN4O3. The summed E-state index contributed by atoms with van der Waals surface area (Å²) in [6.07, 6.45) is -0.257. The number of carbonyl (C=O) groups is 1. The molecule has 1 fully saturated rings. The molecule has 0 N–H and O–H groups in total. The number of nitrogens with zero attached hydrogens (tertiary/aromatic N) is 4. The zero-order valence-electron chi connectivity index (χ0n) is 15.2. The maximum atomic E-state index is 12.1. The monoisotopic (exact) mass is 422 g/mol. The van der Waals surface area contributed by atoms with E-state index in [4.69, 9.17) is 9.15 Å². The molecular weight excluding hydrogens is 400 g/mol. The molecule has 0 bridgehead atoms. The van der Waals surface area contributed by atoms with Gasteiger partial charge in [0.25, 0.3) is 0 Å². The van der Waals surface area contributed by atoms with E-state index < -0.39 is 5.60 Å². The van der Waals surface area contributed by atoms with Crippen LogP contribution in [0.1, 0.15) is 26.7 Å². The van der Waals surface area contributed by atoms with Gasteiger partial charge in [-0.25, -0.2) is 4.79 Å². The van der Waals surface area contributed by atoms with Gasteiger partial charge >= 0.3 is 6.09 Å². The summed E-state index contributed by atoms with van der Waals surface area (Å²) in [5.74, 6) is 1.09. The number of halogens is 1. The fourth-order valence-electron chi connectivity index (χ4n) is 2.63. The number of rotatable bonds is 3. The number of hydrogen-bond acceptors (Lipinski definition) is 6. The second-order valence-corrected chi connectivity index (χ2v) is 8.17. The summed E-state index contributed by atoms with van der Waals surface area (Å²) in [5, 5.41) is 8.26. The lowest BCUT2D eigenvalue weighted by Gasteiger charge is -2.34. The third kappa shape index (κ3) is 5.04. The topological polar surface area (TPSA) is 71.7 Å². The molecule has 26 heavy (non-hydrogen) atoms. The lowest BCUT2D eigenvalue weighted by atomic mass is 10.2. The van der Waals surface area contributed by atoms with Crippen molar-refractivity contribution in [2.75, 3.05) is 26.2 Å². The Hall–Kier alpha value is -1.93. The highest BCUT2D eigenvalue weighted by atomic mass is 79.9. The number of carbonyl (C=O) groups excluding carboxylic acids is 1. The van der Waals surface area contributed by atoms with Crippen molar-refractivity contribution in [3.63, 3.8) is 0 Å². The highest BCUT2D eigenvalue weighted by Gasteiger charge is 2.26. The molecule has 0 radical (unpaired) electrons. The molecule has 1 aromatic heterocycles. The summed E-state index contributed by atoms with van der Waals surface area (Å²) in [5.41, 5.74) is 0.420. The summed E-state index contributed by atoms with van der Waals surface area (Å²) >= 11 is 3.41. The van der Waals surface area contributed by atoms with Crippen molar-refractivity contribution in [3.8, 4) is 11.5 Å². The van der Waals surface area contributed by atoms with Gasteiger partial charge in [-0.15, -0.1) is 10.2 Å². The van der Waals surface area contributed by atoms with E-state index in [2.05, 4.69) is 31.0 Å². The summed E-state index contributed by atoms with van der Waals surface area (Å²) < 4.78 is 12.2. The van der Waals surface area contributed by atoms with E-state index in [0.29, 0.717) is 31.4 Å². The Kier molecular flexibility index (Phi) is 5.62. The predicted molar refractivity (Wildman–Crippen MR) is 101 cm³/mol. The average molecular weight is 423 g/mol. The molecule has 2 heterocycles. The lowest BCUT2D eigenvalue weighted by molar-refractivity contribution is 0.0133. The Morgan fingerprint density at radius 2 is 1.81 bits per heavy atom. The van der Waals surface area contributed by atoms with E-state index in [1.165, 1.54) is 0 Å². The molecule has 1 aliphatic heterocycles. The first kappa shape index (κ1) is 18.8. The summed E-state index contributed by atoms with van der Waals surface area (Å²) in [6.45, 7) is 8.95. The molecule has 0 aliphatic carbocycles. The molecule has 0 unspecified atom stereocenters. The molecule has 0 spiro atoms. The zero-order valence-corrected chi connectivity index (χ0v) is 16.8. The van der Waals surface area contributed by atoms with Crippen molar-refractivity contribution in [1.29, 1.82) is 0 Å². The SMILES string of the molecule is CC(C)(C)OC(=O)N1CCN(Cc2nnc(-c3ccc(Br)cc3)o2)CC1. The third-order valence-corrected chi connectivity index (χ3v) is 4.47. The predicted octanol–water partition coefficient (Wildman–Crippen LogP) is 3.55. The number of aromatic nitrogens is 2. The van der Waals surface area contributed by atoms with Crippen LogP contribution in [0.4, 0.5) is 4.79 Å². The third-order valence-electron chi connectivity index (χ3n) is 3.94. The van der Waals surface area contributed by atoms with Crippen LogP contribution in [0.15, 0.2) is 33.2 Å². The van der Waals surface area contributed by atoms with Gasteiger partial charge in [0.1, 0.15) is 5.60 Å². The molecule has 0 atom stereocenters. The number of benzene rings is 1. The van der Waals surface area contributed by atoms with E-state index in [1.807, 2.05) is 45.0 Å². The molecule has 140 valence electrons.